The minimum Gasteiger partial charge on any atom is -0.402 e. The van der Waals surface area contributed by atoms with Gasteiger partial charge in [-0.25, -0.2) is 0 Å². The minimum absolute atomic E-state index is 0.000854. The molecule has 0 aliphatic heterocycles. The number of anilines is 1. The van der Waals surface area contributed by atoms with E-state index in [2.05, 4.69) is 36.6 Å². The van der Waals surface area contributed by atoms with E-state index < -0.39 is 5.91 Å². The van der Waals surface area contributed by atoms with Crippen LogP contribution in [0.2, 0.25) is 0 Å². The lowest BCUT2D eigenvalue weighted by Crippen LogP contribution is -2.11. The summed E-state index contributed by atoms with van der Waals surface area (Å²) in [5.41, 5.74) is 0. The molecule has 0 saturated carbocycles. The van der Waals surface area contributed by atoms with Crippen LogP contribution in [0.15, 0.2) is 37.1 Å². The fourth-order valence-corrected chi connectivity index (χ4v) is 2.60. The summed E-state index contributed by atoms with van der Waals surface area (Å²) in [5, 5.41) is 13.4. The zero-order valence-electron chi connectivity index (χ0n) is 9.16. The lowest BCUT2D eigenvalue weighted by Gasteiger charge is -1.94. The van der Waals surface area contributed by atoms with Gasteiger partial charge in [-0.3, -0.25) is 10.1 Å². The van der Waals surface area contributed by atoms with Crippen LogP contribution in [0.4, 0.5) is 6.01 Å². The summed E-state index contributed by atoms with van der Waals surface area (Å²) in [6, 6.07) is 5.14. The highest BCUT2D eigenvalue weighted by Crippen LogP contribution is 2.30. The molecular formula is C10H5BrN4O3S. The molecule has 1 amide bonds. The summed E-state index contributed by atoms with van der Waals surface area (Å²) in [7, 11) is 0. The van der Waals surface area contributed by atoms with Crippen molar-refractivity contribution in [3.63, 3.8) is 0 Å². The number of carbonyl (C=O) groups excluding carboxylic acids is 1. The summed E-state index contributed by atoms with van der Waals surface area (Å²) in [5.74, 6) is -0.0951. The quantitative estimate of drug-likeness (QED) is 0.787. The summed E-state index contributed by atoms with van der Waals surface area (Å²) in [6.45, 7) is 0. The number of nitrogens with one attached hydrogen (secondary N) is 1. The first-order valence-corrected chi connectivity index (χ1v) is 6.64. The third-order valence-corrected chi connectivity index (χ3v) is 3.70. The molecule has 0 saturated heterocycles. The Hall–Kier alpha value is -2.00. The third-order valence-electron chi connectivity index (χ3n) is 2.09. The van der Waals surface area contributed by atoms with E-state index in [-0.39, 0.29) is 11.8 Å². The first kappa shape index (κ1) is 12.1. The third kappa shape index (κ3) is 2.56. The molecule has 1 N–H and O–H groups in total. The fourth-order valence-electron chi connectivity index (χ4n) is 1.29. The molecule has 0 bridgehead atoms. The van der Waals surface area contributed by atoms with Gasteiger partial charge in [-0.1, -0.05) is 10.3 Å². The molecule has 96 valence electrons. The van der Waals surface area contributed by atoms with Gasteiger partial charge in [-0.15, -0.1) is 16.4 Å². The first-order valence-electron chi connectivity index (χ1n) is 5.03. The molecule has 0 unspecified atom stereocenters. The van der Waals surface area contributed by atoms with E-state index in [1.807, 2.05) is 12.1 Å². The van der Waals surface area contributed by atoms with Gasteiger partial charge in [0, 0.05) is 6.07 Å². The van der Waals surface area contributed by atoms with Gasteiger partial charge in [0.1, 0.15) is 0 Å². The number of carbonyl (C=O) groups is 1. The monoisotopic (exact) mass is 340 g/mol. The fraction of sp³-hybridized carbons (Fsp3) is 0. The van der Waals surface area contributed by atoms with Crippen molar-refractivity contribution in [1.29, 1.82) is 0 Å². The summed E-state index contributed by atoms with van der Waals surface area (Å²) in [4.78, 5) is 12.5. The van der Waals surface area contributed by atoms with Crippen LogP contribution in [0.5, 0.6) is 0 Å². The van der Waals surface area contributed by atoms with Crippen LogP contribution >= 0.6 is 27.3 Å². The Kier molecular flexibility index (Phi) is 3.13. The first-order chi connectivity index (χ1) is 9.22. The minimum atomic E-state index is -0.500. The van der Waals surface area contributed by atoms with Crippen molar-refractivity contribution in [3.8, 4) is 10.8 Å². The molecule has 0 radical (unpaired) electrons. The van der Waals surface area contributed by atoms with Crippen LogP contribution < -0.4 is 5.32 Å². The molecule has 3 rings (SSSR count). The van der Waals surface area contributed by atoms with Gasteiger partial charge in [0.2, 0.25) is 5.76 Å². The van der Waals surface area contributed by atoms with Gasteiger partial charge in [-0.2, -0.15) is 0 Å². The maximum atomic E-state index is 11.6. The Bertz CT molecular complexity index is 706. The Labute approximate surface area is 118 Å². The molecule has 0 aliphatic carbocycles. The van der Waals surface area contributed by atoms with Gasteiger partial charge < -0.3 is 8.94 Å². The van der Waals surface area contributed by atoms with E-state index in [9.17, 15) is 4.79 Å². The van der Waals surface area contributed by atoms with E-state index in [0.717, 1.165) is 8.66 Å². The molecule has 19 heavy (non-hydrogen) atoms. The van der Waals surface area contributed by atoms with Gasteiger partial charge in [0.25, 0.3) is 11.8 Å². The van der Waals surface area contributed by atoms with Gasteiger partial charge in [0.15, 0.2) is 0 Å². The van der Waals surface area contributed by atoms with Crippen molar-refractivity contribution in [2.45, 2.75) is 0 Å². The zero-order valence-corrected chi connectivity index (χ0v) is 11.6. The average molecular weight is 341 g/mol. The van der Waals surface area contributed by atoms with Crippen LogP contribution in [0.3, 0.4) is 0 Å². The molecule has 3 aromatic heterocycles. The number of hydrogen-bond donors (Lipinski definition) is 1. The van der Waals surface area contributed by atoms with Crippen LogP contribution in [0, 0.1) is 0 Å². The predicted molar refractivity (Wildman–Crippen MR) is 69.8 cm³/mol. The van der Waals surface area contributed by atoms with Gasteiger partial charge in [0.05, 0.1) is 14.9 Å². The Morgan fingerprint density at radius 3 is 2.89 bits per heavy atom. The molecule has 3 heterocycles. The van der Waals surface area contributed by atoms with E-state index in [1.54, 1.807) is 0 Å². The SMILES string of the molecule is O=C(Nc1nnc(-c2ccc(Br)s2)o1)c1ccno1. The highest BCUT2D eigenvalue weighted by atomic mass is 79.9. The van der Waals surface area contributed by atoms with Crippen LogP contribution in [-0.2, 0) is 0 Å². The molecule has 0 fully saturated rings. The zero-order chi connectivity index (χ0) is 13.2. The van der Waals surface area contributed by atoms with E-state index >= 15 is 0 Å². The molecule has 0 aliphatic rings. The van der Waals surface area contributed by atoms with Crippen molar-refractivity contribution in [2.24, 2.45) is 0 Å². The maximum Gasteiger partial charge on any atom is 0.322 e. The van der Waals surface area contributed by atoms with Crippen molar-refractivity contribution >= 4 is 39.2 Å². The van der Waals surface area contributed by atoms with Crippen LogP contribution in [-0.4, -0.2) is 21.3 Å². The van der Waals surface area contributed by atoms with Crippen molar-refractivity contribution < 1.29 is 13.7 Å². The number of amides is 1. The average Bonchev–Trinajstić information content (AvgIpc) is 3.07. The van der Waals surface area contributed by atoms with Crippen molar-refractivity contribution in [1.82, 2.24) is 15.4 Å². The van der Waals surface area contributed by atoms with E-state index in [1.165, 1.54) is 23.6 Å². The highest BCUT2D eigenvalue weighted by Gasteiger charge is 2.15. The van der Waals surface area contributed by atoms with E-state index in [4.69, 9.17) is 8.94 Å². The van der Waals surface area contributed by atoms with Crippen LogP contribution in [0.25, 0.3) is 10.8 Å². The lowest BCUT2D eigenvalue weighted by molar-refractivity contribution is 0.0985. The Morgan fingerprint density at radius 1 is 1.32 bits per heavy atom. The predicted octanol–water partition coefficient (Wildman–Crippen LogP) is 2.80. The molecule has 0 aromatic carbocycles. The summed E-state index contributed by atoms with van der Waals surface area (Å²) < 4.78 is 11.0. The van der Waals surface area contributed by atoms with Gasteiger partial charge >= 0.3 is 6.01 Å². The molecule has 0 spiro atoms. The second-order valence-corrected chi connectivity index (χ2v) is 5.81. The van der Waals surface area contributed by atoms with Crippen LogP contribution in [0.1, 0.15) is 10.6 Å². The second kappa shape index (κ2) is 4.94. The lowest BCUT2D eigenvalue weighted by atomic mass is 10.4. The Balaban J connectivity index is 1.77. The van der Waals surface area contributed by atoms with Crippen molar-refractivity contribution in [2.75, 3.05) is 5.32 Å². The van der Waals surface area contributed by atoms with Crippen molar-refractivity contribution in [3.05, 3.63) is 33.9 Å². The molecule has 3 aromatic rings. The molecule has 9 heteroatoms. The maximum absolute atomic E-state index is 11.6. The standard InChI is InChI=1S/C10H5BrN4O3S/c11-7-2-1-6(19-7)9-14-15-10(17-9)13-8(16)5-3-4-12-18-5/h1-4H,(H,13,15,16). The molecule has 0 atom stereocenters. The topological polar surface area (TPSA) is 94.1 Å². The smallest absolute Gasteiger partial charge is 0.322 e. The number of halogens is 1. The van der Waals surface area contributed by atoms with E-state index in [0.29, 0.717) is 5.89 Å². The molecule has 7 nitrogen and oxygen atoms in total. The number of aromatic nitrogens is 3. The Morgan fingerprint density at radius 2 is 2.21 bits per heavy atom. The number of thiophene rings is 1. The number of rotatable bonds is 3. The largest absolute Gasteiger partial charge is 0.402 e. The normalized spacial score (nSPS) is 10.6. The summed E-state index contributed by atoms with van der Waals surface area (Å²) >= 11 is 4.79. The second-order valence-electron chi connectivity index (χ2n) is 3.35. The number of hydrogen-bond acceptors (Lipinski definition) is 7. The highest BCUT2D eigenvalue weighted by molar-refractivity contribution is 9.11. The molecular weight excluding hydrogens is 336 g/mol. The number of nitrogens with zero attached hydrogens (tertiary/aromatic N) is 3. The van der Waals surface area contributed by atoms with Gasteiger partial charge in [-0.05, 0) is 28.1 Å². The summed E-state index contributed by atoms with van der Waals surface area (Å²) in [6.07, 6.45) is 1.37.